The van der Waals surface area contributed by atoms with Gasteiger partial charge in [0.25, 0.3) is 0 Å². The number of phenols is 1. The van der Waals surface area contributed by atoms with Crippen LogP contribution in [0.3, 0.4) is 0 Å². The molecule has 0 saturated heterocycles. The number of hydrogen-bond acceptors (Lipinski definition) is 3. The fraction of sp³-hybridized carbons (Fsp3) is 0.464. The summed E-state index contributed by atoms with van der Waals surface area (Å²) in [5.41, 5.74) is 3.56. The number of hydrogen-bond donors (Lipinski definition) is 2. The van der Waals surface area contributed by atoms with E-state index < -0.39 is 5.60 Å². The molecule has 5 rings (SSSR count). The Bertz CT molecular complexity index is 1040. The van der Waals surface area contributed by atoms with Crippen molar-refractivity contribution >= 4 is 11.9 Å². The Morgan fingerprint density at radius 2 is 1.84 bits per heavy atom. The zero-order valence-corrected chi connectivity index (χ0v) is 18.5. The van der Waals surface area contributed by atoms with Crippen molar-refractivity contribution in [1.82, 2.24) is 0 Å². The van der Waals surface area contributed by atoms with E-state index in [2.05, 4.69) is 13.0 Å². The molecule has 3 heteroatoms. The smallest absolute Gasteiger partial charge is 0.159 e. The molecule has 2 aromatic rings. The molecule has 3 nitrogen and oxygen atoms in total. The molecule has 2 fully saturated rings. The molecular formula is C28H32O3. The largest absolute Gasteiger partial charge is 0.508 e. The maximum atomic E-state index is 11.8. The first-order chi connectivity index (χ1) is 14.8. The van der Waals surface area contributed by atoms with E-state index >= 15 is 0 Å². The molecule has 0 bridgehead atoms. The van der Waals surface area contributed by atoms with E-state index in [4.69, 9.17) is 0 Å². The zero-order chi connectivity index (χ0) is 21.8. The number of Topliss-reactive ketones (excluding diaryl/α,β-unsaturated/α-hetero) is 1. The third-order valence-corrected chi connectivity index (χ3v) is 8.79. The van der Waals surface area contributed by atoms with Crippen LogP contribution in [0.15, 0.2) is 48.5 Å². The van der Waals surface area contributed by atoms with Gasteiger partial charge in [0, 0.05) is 11.0 Å². The Kier molecular flexibility index (Phi) is 4.86. The summed E-state index contributed by atoms with van der Waals surface area (Å²) in [4.78, 5) is 11.5. The van der Waals surface area contributed by atoms with Crippen LogP contribution < -0.4 is 0 Å². The van der Waals surface area contributed by atoms with E-state index in [1.165, 1.54) is 11.1 Å². The minimum atomic E-state index is -0.795. The molecule has 3 aliphatic rings. The van der Waals surface area contributed by atoms with E-state index in [0.29, 0.717) is 29.1 Å². The minimum absolute atomic E-state index is 0.0707. The molecule has 0 radical (unpaired) electrons. The molecule has 0 aromatic heterocycles. The van der Waals surface area contributed by atoms with E-state index in [1.54, 1.807) is 6.92 Å². The minimum Gasteiger partial charge on any atom is -0.508 e. The summed E-state index contributed by atoms with van der Waals surface area (Å²) in [6.45, 7) is 3.88. The van der Waals surface area contributed by atoms with Crippen molar-refractivity contribution in [2.75, 3.05) is 0 Å². The van der Waals surface area contributed by atoms with Gasteiger partial charge in [-0.1, -0.05) is 49.4 Å². The number of aliphatic hydroxyl groups is 1. The van der Waals surface area contributed by atoms with Crippen LogP contribution in [0.1, 0.15) is 78.9 Å². The van der Waals surface area contributed by atoms with Crippen LogP contribution in [-0.4, -0.2) is 21.6 Å². The van der Waals surface area contributed by atoms with Gasteiger partial charge in [0.15, 0.2) is 5.78 Å². The Morgan fingerprint density at radius 3 is 2.58 bits per heavy atom. The lowest BCUT2D eigenvalue weighted by Gasteiger charge is -2.52. The van der Waals surface area contributed by atoms with Gasteiger partial charge in [-0.25, -0.2) is 0 Å². The van der Waals surface area contributed by atoms with Crippen LogP contribution in [0.5, 0.6) is 5.75 Å². The summed E-state index contributed by atoms with van der Waals surface area (Å²) in [6.07, 6.45) is 10.2. The highest BCUT2D eigenvalue weighted by Gasteiger charge is 2.60. The topological polar surface area (TPSA) is 57.5 Å². The predicted octanol–water partition coefficient (Wildman–Crippen LogP) is 5.90. The number of aromatic hydroxyl groups is 1. The van der Waals surface area contributed by atoms with Crippen LogP contribution in [0.4, 0.5) is 0 Å². The molecule has 31 heavy (non-hydrogen) atoms. The molecule has 0 unspecified atom stereocenters. The molecule has 2 N–H and O–H groups in total. The van der Waals surface area contributed by atoms with Gasteiger partial charge in [0.05, 0.1) is 5.60 Å². The molecule has 2 saturated carbocycles. The van der Waals surface area contributed by atoms with Gasteiger partial charge >= 0.3 is 0 Å². The van der Waals surface area contributed by atoms with E-state index in [-0.39, 0.29) is 11.2 Å². The lowest BCUT2D eigenvalue weighted by Crippen LogP contribution is -2.49. The summed E-state index contributed by atoms with van der Waals surface area (Å²) >= 11 is 0. The predicted molar refractivity (Wildman–Crippen MR) is 123 cm³/mol. The van der Waals surface area contributed by atoms with E-state index in [1.807, 2.05) is 48.6 Å². The SMILES string of the molecule is CC(=O)c1ccc(C=C[C@@]2(O)CC[C@H]3[C@@H]4CCc5cc(O)ccc5[C@H]4CC[C@@]32C)cc1. The number of benzene rings is 2. The van der Waals surface area contributed by atoms with Crippen molar-refractivity contribution in [3.63, 3.8) is 0 Å². The highest BCUT2D eigenvalue weighted by molar-refractivity contribution is 5.94. The van der Waals surface area contributed by atoms with Gasteiger partial charge < -0.3 is 10.2 Å². The average Bonchev–Trinajstić information content (AvgIpc) is 3.03. The number of carbonyl (C=O) groups is 1. The second kappa shape index (κ2) is 7.34. The maximum absolute atomic E-state index is 11.8. The first-order valence-electron chi connectivity index (χ1n) is 11.7. The molecule has 2 aromatic carbocycles. The Balaban J connectivity index is 1.39. The lowest BCUT2D eigenvalue weighted by atomic mass is 9.53. The Morgan fingerprint density at radius 1 is 1.06 bits per heavy atom. The Hall–Kier alpha value is -2.39. The molecule has 0 aliphatic heterocycles. The average molecular weight is 417 g/mol. The third-order valence-electron chi connectivity index (χ3n) is 8.79. The van der Waals surface area contributed by atoms with Crippen LogP contribution in [0.25, 0.3) is 6.08 Å². The lowest BCUT2D eigenvalue weighted by molar-refractivity contribution is -0.0705. The van der Waals surface area contributed by atoms with Crippen molar-refractivity contribution in [2.24, 2.45) is 17.3 Å². The van der Waals surface area contributed by atoms with Crippen LogP contribution in [0.2, 0.25) is 0 Å². The fourth-order valence-corrected chi connectivity index (χ4v) is 6.96. The van der Waals surface area contributed by atoms with Gasteiger partial charge in [-0.15, -0.1) is 0 Å². The molecular weight excluding hydrogens is 384 g/mol. The van der Waals surface area contributed by atoms with Crippen molar-refractivity contribution < 1.29 is 15.0 Å². The van der Waals surface area contributed by atoms with Gasteiger partial charge in [-0.2, -0.15) is 0 Å². The first kappa shape index (κ1) is 20.5. The monoisotopic (exact) mass is 416 g/mol. The standard InChI is InChI=1S/C28H32O3/c1-18(29)20-5-3-19(4-6-20)11-15-28(31)16-13-26-25-9-7-21-17-22(30)8-10-23(21)24(25)12-14-27(26,28)2/h3-6,8,10-11,15,17,24-26,30-31H,7,9,12-14,16H2,1-2H3/t24-,25-,26+,27+,28-/m1/s1. The second-order valence-electron chi connectivity index (χ2n) is 10.2. The van der Waals surface area contributed by atoms with E-state index in [9.17, 15) is 15.0 Å². The molecule has 0 heterocycles. The van der Waals surface area contributed by atoms with Crippen LogP contribution >= 0.6 is 0 Å². The molecule has 0 amide bonds. The number of carbonyl (C=O) groups excluding carboxylic acids is 1. The highest BCUT2D eigenvalue weighted by atomic mass is 16.3. The number of ketones is 1. The van der Waals surface area contributed by atoms with Crippen molar-refractivity contribution in [3.05, 3.63) is 70.8 Å². The van der Waals surface area contributed by atoms with Crippen molar-refractivity contribution in [1.29, 1.82) is 0 Å². The number of phenolic OH excluding ortho intramolecular Hbond substituents is 1. The van der Waals surface area contributed by atoms with Crippen molar-refractivity contribution in [3.8, 4) is 5.75 Å². The zero-order valence-electron chi connectivity index (χ0n) is 18.5. The first-order valence-corrected chi connectivity index (χ1v) is 11.7. The quantitative estimate of drug-likeness (QED) is 0.613. The Labute approximate surface area is 184 Å². The van der Waals surface area contributed by atoms with E-state index in [0.717, 1.165) is 44.1 Å². The van der Waals surface area contributed by atoms with Gasteiger partial charge in [-0.05, 0) is 92.0 Å². The number of fused-ring (bicyclic) bond motifs is 5. The van der Waals surface area contributed by atoms with Gasteiger partial charge in [0.1, 0.15) is 5.75 Å². The summed E-state index contributed by atoms with van der Waals surface area (Å²) < 4.78 is 0. The number of aryl methyl sites for hydroxylation is 1. The maximum Gasteiger partial charge on any atom is 0.159 e. The third kappa shape index (κ3) is 3.25. The van der Waals surface area contributed by atoms with Gasteiger partial charge in [0.2, 0.25) is 0 Å². The van der Waals surface area contributed by atoms with Crippen LogP contribution in [0, 0.1) is 17.3 Å². The summed E-state index contributed by atoms with van der Waals surface area (Å²) in [5, 5.41) is 21.7. The molecule has 3 aliphatic carbocycles. The second-order valence-corrected chi connectivity index (χ2v) is 10.2. The van der Waals surface area contributed by atoms with Crippen molar-refractivity contribution in [2.45, 2.75) is 63.9 Å². The summed E-state index contributed by atoms with van der Waals surface area (Å²) in [5.74, 6) is 2.11. The highest BCUT2D eigenvalue weighted by Crippen LogP contribution is 2.64. The fourth-order valence-electron chi connectivity index (χ4n) is 6.96. The summed E-state index contributed by atoms with van der Waals surface area (Å²) in [7, 11) is 0. The van der Waals surface area contributed by atoms with Gasteiger partial charge in [-0.3, -0.25) is 4.79 Å². The molecule has 0 spiro atoms. The number of rotatable bonds is 3. The molecule has 5 atom stereocenters. The molecule has 162 valence electrons. The normalized spacial score (nSPS) is 34.2. The van der Waals surface area contributed by atoms with Crippen LogP contribution in [-0.2, 0) is 6.42 Å². The summed E-state index contributed by atoms with van der Waals surface area (Å²) in [6, 6.07) is 13.5.